The Morgan fingerprint density at radius 1 is 0.611 bits per heavy atom. The fourth-order valence-electron chi connectivity index (χ4n) is 3.30. The largest absolute Gasteiger partial charge is 0.507 e. The highest BCUT2D eigenvalue weighted by molar-refractivity contribution is 6.04. The van der Waals surface area contributed by atoms with Crippen LogP contribution in [0.25, 0.3) is 34.8 Å². The van der Waals surface area contributed by atoms with Gasteiger partial charge < -0.3 is 29.3 Å². The molecule has 36 heavy (non-hydrogen) atoms. The molecule has 4 rings (SSSR count). The van der Waals surface area contributed by atoms with Gasteiger partial charge in [0.15, 0.2) is 5.78 Å². The molecule has 0 spiro atoms. The number of aromatic carboxylic acids is 2. The molecule has 0 aliphatic heterocycles. The monoisotopic (exact) mass is 486 g/mol. The average Bonchev–Trinajstić information content (AvgIpc) is 3.52. The lowest BCUT2D eigenvalue weighted by Gasteiger charge is -2.02. The highest BCUT2D eigenvalue weighted by Crippen LogP contribution is 2.29. The molecule has 4 N–H and O–H groups in total. The molecule has 2 heterocycles. The zero-order valence-corrected chi connectivity index (χ0v) is 18.4. The van der Waals surface area contributed by atoms with Gasteiger partial charge in [0.2, 0.25) is 0 Å². The first-order chi connectivity index (χ1) is 17.2. The van der Waals surface area contributed by atoms with Gasteiger partial charge in [-0.3, -0.25) is 4.79 Å². The van der Waals surface area contributed by atoms with Crippen LogP contribution in [-0.2, 0) is 4.79 Å². The molecule has 0 unspecified atom stereocenters. The lowest BCUT2D eigenvalue weighted by atomic mass is 10.1. The molecule has 0 aliphatic rings. The van der Waals surface area contributed by atoms with E-state index in [0.29, 0.717) is 34.2 Å². The molecule has 0 amide bonds. The number of hydrogen-bond acceptors (Lipinski definition) is 7. The molecule has 0 atom stereocenters. The van der Waals surface area contributed by atoms with Gasteiger partial charge in [0.25, 0.3) is 0 Å². The van der Waals surface area contributed by atoms with Crippen molar-refractivity contribution in [3.05, 3.63) is 95.5 Å². The van der Waals surface area contributed by atoms with Crippen LogP contribution in [0.15, 0.2) is 81.7 Å². The fourth-order valence-corrected chi connectivity index (χ4v) is 3.30. The van der Waals surface area contributed by atoms with Crippen LogP contribution < -0.4 is 0 Å². The van der Waals surface area contributed by atoms with E-state index in [9.17, 15) is 24.6 Å². The van der Waals surface area contributed by atoms with Gasteiger partial charge in [0, 0.05) is 11.1 Å². The smallest absolute Gasteiger partial charge is 0.339 e. The van der Waals surface area contributed by atoms with Gasteiger partial charge in [-0.1, -0.05) is 0 Å². The third-order valence-electron chi connectivity index (χ3n) is 5.10. The van der Waals surface area contributed by atoms with Crippen molar-refractivity contribution >= 4 is 29.9 Å². The van der Waals surface area contributed by atoms with E-state index < -0.39 is 11.9 Å². The van der Waals surface area contributed by atoms with Crippen LogP contribution in [0.4, 0.5) is 0 Å². The first kappa shape index (κ1) is 23.8. The number of aromatic hydroxyl groups is 2. The maximum Gasteiger partial charge on any atom is 0.339 e. The number of phenols is 2. The standard InChI is InChI=1S/C27H18O9/c28-17(3-5-18-7-11-24(35-18)15-1-9-22(29)20(13-15)26(31)32)4-6-19-8-12-25(36-19)16-2-10-23(30)21(14-16)27(33)34/h1-14,29-30H,(H,31,32)(H,33,34)/b5-3+,6-4+. The van der Waals surface area contributed by atoms with E-state index in [0.717, 1.165) is 0 Å². The van der Waals surface area contributed by atoms with Gasteiger partial charge in [-0.2, -0.15) is 0 Å². The highest BCUT2D eigenvalue weighted by atomic mass is 16.4. The van der Waals surface area contributed by atoms with E-state index >= 15 is 0 Å². The normalized spacial score (nSPS) is 11.3. The minimum atomic E-state index is -1.27. The molecule has 2 aromatic heterocycles. The summed E-state index contributed by atoms with van der Waals surface area (Å²) in [7, 11) is 0. The number of benzene rings is 2. The average molecular weight is 486 g/mol. The van der Waals surface area contributed by atoms with E-state index in [2.05, 4.69) is 0 Å². The van der Waals surface area contributed by atoms with Crippen molar-refractivity contribution in [1.29, 1.82) is 0 Å². The molecule has 0 saturated heterocycles. The number of ketones is 1. The lowest BCUT2D eigenvalue weighted by Crippen LogP contribution is -1.96. The Morgan fingerprint density at radius 2 is 1.03 bits per heavy atom. The summed E-state index contributed by atoms with van der Waals surface area (Å²) in [5.41, 5.74) is 0.396. The van der Waals surface area contributed by atoms with Crippen LogP contribution in [0.5, 0.6) is 11.5 Å². The van der Waals surface area contributed by atoms with Crippen molar-refractivity contribution in [2.75, 3.05) is 0 Å². The molecule has 2 aromatic carbocycles. The first-order valence-electron chi connectivity index (χ1n) is 10.4. The second-order valence-electron chi connectivity index (χ2n) is 7.55. The minimum absolute atomic E-state index is 0.255. The van der Waals surface area contributed by atoms with Gasteiger partial charge in [-0.25, -0.2) is 9.59 Å². The molecule has 0 fully saturated rings. The molecule has 0 radical (unpaired) electrons. The number of furan rings is 2. The number of carboxylic acid groups (broad SMARTS) is 2. The van der Waals surface area contributed by atoms with E-state index in [1.807, 2.05) is 0 Å². The van der Waals surface area contributed by atoms with E-state index in [4.69, 9.17) is 19.0 Å². The van der Waals surface area contributed by atoms with Crippen molar-refractivity contribution in [3.63, 3.8) is 0 Å². The third-order valence-corrected chi connectivity index (χ3v) is 5.10. The van der Waals surface area contributed by atoms with Gasteiger partial charge in [-0.15, -0.1) is 0 Å². The number of carboxylic acids is 2. The Hall–Kier alpha value is -5.31. The van der Waals surface area contributed by atoms with Gasteiger partial charge in [-0.05, 0) is 85.0 Å². The summed E-state index contributed by atoms with van der Waals surface area (Å²) < 4.78 is 11.3. The molecule has 0 bridgehead atoms. The maximum atomic E-state index is 12.2. The van der Waals surface area contributed by atoms with Crippen LogP contribution in [0, 0.1) is 0 Å². The number of carbonyl (C=O) groups is 3. The summed E-state index contributed by atoms with van der Waals surface area (Å²) >= 11 is 0. The number of carbonyl (C=O) groups excluding carboxylic acids is 1. The summed E-state index contributed by atoms with van der Waals surface area (Å²) in [5.74, 6) is -2.16. The Morgan fingerprint density at radius 3 is 1.42 bits per heavy atom. The molecule has 0 saturated carbocycles. The van der Waals surface area contributed by atoms with Crippen molar-refractivity contribution in [2.24, 2.45) is 0 Å². The van der Waals surface area contributed by atoms with Crippen molar-refractivity contribution in [1.82, 2.24) is 0 Å². The number of hydrogen-bond donors (Lipinski definition) is 4. The zero-order valence-electron chi connectivity index (χ0n) is 18.4. The topological polar surface area (TPSA) is 158 Å². The number of rotatable bonds is 8. The quantitative estimate of drug-likeness (QED) is 0.242. The Balaban J connectivity index is 1.43. The zero-order chi connectivity index (χ0) is 25.8. The Kier molecular flexibility index (Phi) is 6.55. The summed E-state index contributed by atoms with van der Waals surface area (Å²) in [6, 6.07) is 14.6. The van der Waals surface area contributed by atoms with Crippen molar-refractivity contribution in [2.45, 2.75) is 0 Å². The molecule has 4 aromatic rings. The van der Waals surface area contributed by atoms with Crippen LogP contribution >= 0.6 is 0 Å². The van der Waals surface area contributed by atoms with E-state index in [-0.39, 0.29) is 28.4 Å². The summed E-state index contributed by atoms with van der Waals surface area (Å²) in [6.07, 6.45) is 5.46. The van der Waals surface area contributed by atoms with E-state index in [1.54, 1.807) is 24.3 Å². The van der Waals surface area contributed by atoms with Crippen molar-refractivity contribution in [3.8, 4) is 34.1 Å². The van der Waals surface area contributed by atoms with Crippen LogP contribution in [-0.4, -0.2) is 38.1 Å². The second kappa shape index (κ2) is 9.90. The molecule has 0 aliphatic carbocycles. The van der Waals surface area contributed by atoms with Crippen molar-refractivity contribution < 1.29 is 43.6 Å². The van der Waals surface area contributed by atoms with Gasteiger partial charge >= 0.3 is 11.9 Å². The minimum Gasteiger partial charge on any atom is -0.507 e. The second-order valence-corrected chi connectivity index (χ2v) is 7.55. The van der Waals surface area contributed by atoms with E-state index in [1.165, 1.54) is 60.7 Å². The molecule has 9 nitrogen and oxygen atoms in total. The molecular formula is C27H18O9. The SMILES string of the molecule is O=C(/C=C/c1ccc(-c2ccc(O)c(C(=O)O)c2)o1)/C=C/c1ccc(-c2ccc(O)c(C(=O)O)c2)o1. The van der Waals surface area contributed by atoms with Gasteiger partial charge in [0.05, 0.1) is 0 Å². The summed E-state index contributed by atoms with van der Waals surface area (Å²) in [4.78, 5) is 34.6. The first-order valence-corrected chi connectivity index (χ1v) is 10.4. The summed E-state index contributed by atoms with van der Waals surface area (Å²) in [6.45, 7) is 0. The molecular weight excluding hydrogens is 468 g/mol. The summed E-state index contributed by atoms with van der Waals surface area (Å²) in [5, 5.41) is 37.5. The predicted molar refractivity (Wildman–Crippen MR) is 129 cm³/mol. The molecule has 9 heteroatoms. The van der Waals surface area contributed by atoms with Crippen LogP contribution in [0.1, 0.15) is 32.2 Å². The number of allylic oxidation sites excluding steroid dienone is 2. The lowest BCUT2D eigenvalue weighted by molar-refractivity contribution is -0.110. The fraction of sp³-hybridized carbons (Fsp3) is 0. The Labute approximate surface area is 203 Å². The molecule has 180 valence electrons. The van der Waals surface area contributed by atoms with Crippen LogP contribution in [0.2, 0.25) is 0 Å². The maximum absolute atomic E-state index is 12.2. The Bertz CT molecular complexity index is 1420. The van der Waals surface area contributed by atoms with Gasteiger partial charge in [0.1, 0.15) is 45.7 Å². The predicted octanol–water partition coefficient (Wildman–Crippen LogP) is 5.31. The third kappa shape index (κ3) is 5.26. The highest BCUT2D eigenvalue weighted by Gasteiger charge is 2.14. The van der Waals surface area contributed by atoms with Crippen LogP contribution in [0.3, 0.4) is 0 Å².